The molecule has 0 radical (unpaired) electrons. The molecule has 1 saturated heterocycles. The topological polar surface area (TPSA) is 88.4 Å². The third kappa shape index (κ3) is 2.81. The van der Waals surface area contributed by atoms with E-state index in [1.165, 1.54) is 0 Å². The second kappa shape index (κ2) is 6.76. The van der Waals surface area contributed by atoms with Crippen molar-refractivity contribution in [2.24, 2.45) is 0 Å². The van der Waals surface area contributed by atoms with Crippen LogP contribution < -0.4 is 4.74 Å². The van der Waals surface area contributed by atoms with Crippen LogP contribution >= 0.6 is 0 Å². The van der Waals surface area contributed by atoms with Crippen LogP contribution in [0.2, 0.25) is 0 Å². The minimum atomic E-state index is 0.287. The van der Waals surface area contributed by atoms with Crippen LogP contribution in [0.1, 0.15) is 30.1 Å². The number of carbonyl (C=O) groups excluding carboxylic acids is 1. The lowest BCUT2D eigenvalue weighted by molar-refractivity contribution is -0.119. The van der Waals surface area contributed by atoms with E-state index in [-0.39, 0.29) is 6.04 Å². The van der Waals surface area contributed by atoms with Crippen LogP contribution in [0, 0.1) is 18.3 Å². The van der Waals surface area contributed by atoms with Gasteiger partial charge >= 0.3 is 0 Å². The molecule has 0 N–H and O–H groups in total. The second-order valence-electron chi connectivity index (χ2n) is 6.72. The molecule has 0 aromatic carbocycles. The van der Waals surface area contributed by atoms with E-state index in [9.17, 15) is 10.1 Å². The van der Waals surface area contributed by atoms with Crippen molar-refractivity contribution < 1.29 is 9.53 Å². The van der Waals surface area contributed by atoms with Crippen molar-refractivity contribution >= 4 is 11.9 Å². The molecule has 0 spiro atoms. The lowest BCUT2D eigenvalue weighted by Crippen LogP contribution is -2.34. The Morgan fingerprint density at radius 2 is 2.07 bits per heavy atom. The molecule has 3 aromatic heterocycles. The van der Waals surface area contributed by atoms with Gasteiger partial charge in [-0.25, -0.2) is 4.52 Å². The van der Waals surface area contributed by atoms with E-state index in [4.69, 9.17) is 4.74 Å². The van der Waals surface area contributed by atoms with E-state index in [1.54, 1.807) is 22.7 Å². The number of pyridine rings is 1. The molecule has 8 nitrogen and oxygen atoms in total. The fraction of sp³-hybridized carbons (Fsp3) is 0.368. The highest BCUT2D eigenvalue weighted by Gasteiger charge is 2.23. The van der Waals surface area contributed by atoms with Crippen LogP contribution in [0.3, 0.4) is 0 Å². The normalized spacial score (nSPS) is 15.1. The summed E-state index contributed by atoms with van der Waals surface area (Å²) in [7, 11) is 1.59. The quantitative estimate of drug-likeness (QED) is 0.662. The van der Waals surface area contributed by atoms with E-state index >= 15 is 0 Å². The van der Waals surface area contributed by atoms with Crippen molar-refractivity contribution in [1.82, 2.24) is 24.3 Å². The molecule has 1 amide bonds. The standard InChI is InChI=1S/C19H20N6O2/c1-13-17(10-22-25(13)16-3-5-23(12-26)6-4-16)14-7-18(27-2)19-15(8-20)9-21-24(19)11-14/h7,9-12,16H,3-6H2,1-2H3. The molecule has 0 atom stereocenters. The third-order valence-electron chi connectivity index (χ3n) is 5.27. The number of methoxy groups -OCH3 is 1. The van der Waals surface area contributed by atoms with Gasteiger partial charge in [-0.05, 0) is 25.8 Å². The van der Waals surface area contributed by atoms with Crippen molar-refractivity contribution in [3.63, 3.8) is 0 Å². The first kappa shape index (κ1) is 17.1. The highest BCUT2D eigenvalue weighted by Crippen LogP contribution is 2.33. The first-order chi connectivity index (χ1) is 13.2. The summed E-state index contributed by atoms with van der Waals surface area (Å²) in [5, 5.41) is 18.1. The third-order valence-corrected chi connectivity index (χ3v) is 5.27. The largest absolute Gasteiger partial charge is 0.494 e. The van der Waals surface area contributed by atoms with E-state index in [1.807, 2.05) is 18.5 Å². The molecule has 0 unspecified atom stereocenters. The van der Waals surface area contributed by atoms with Crippen LogP contribution in [-0.4, -0.2) is 50.9 Å². The molecule has 27 heavy (non-hydrogen) atoms. The van der Waals surface area contributed by atoms with Gasteiger partial charge in [0.2, 0.25) is 6.41 Å². The molecular formula is C19H20N6O2. The summed E-state index contributed by atoms with van der Waals surface area (Å²) in [6, 6.07) is 4.35. The van der Waals surface area contributed by atoms with Crippen molar-refractivity contribution in [3.05, 3.63) is 35.9 Å². The molecule has 1 fully saturated rings. The van der Waals surface area contributed by atoms with Gasteiger partial charge in [0.1, 0.15) is 22.9 Å². The summed E-state index contributed by atoms with van der Waals surface area (Å²) in [6.45, 7) is 3.56. The number of amides is 1. The average molecular weight is 364 g/mol. The fourth-order valence-electron chi connectivity index (χ4n) is 3.78. The minimum Gasteiger partial charge on any atom is -0.494 e. The molecule has 1 aliphatic heterocycles. The summed E-state index contributed by atoms with van der Waals surface area (Å²) >= 11 is 0. The van der Waals surface area contributed by atoms with Crippen molar-refractivity contribution in [3.8, 4) is 22.9 Å². The van der Waals surface area contributed by atoms with Crippen LogP contribution in [0.5, 0.6) is 5.75 Å². The lowest BCUT2D eigenvalue weighted by Gasteiger charge is -2.30. The van der Waals surface area contributed by atoms with Gasteiger partial charge in [0.25, 0.3) is 0 Å². The number of aromatic nitrogens is 4. The molecular weight excluding hydrogens is 344 g/mol. The molecule has 8 heteroatoms. The number of nitrogens with zero attached hydrogens (tertiary/aromatic N) is 6. The number of hydrogen-bond donors (Lipinski definition) is 0. The molecule has 3 aromatic rings. The van der Waals surface area contributed by atoms with E-state index < -0.39 is 0 Å². The molecule has 0 aliphatic carbocycles. The first-order valence-electron chi connectivity index (χ1n) is 8.85. The Labute approximate surface area is 156 Å². The van der Waals surface area contributed by atoms with Crippen molar-refractivity contribution in [2.75, 3.05) is 20.2 Å². The molecule has 4 rings (SSSR count). The fourth-order valence-corrected chi connectivity index (χ4v) is 3.78. The monoisotopic (exact) mass is 364 g/mol. The predicted octanol–water partition coefficient (Wildman–Crippen LogP) is 2.18. The molecule has 1 aliphatic rings. The van der Waals surface area contributed by atoms with Gasteiger partial charge in [0, 0.05) is 36.1 Å². The number of nitriles is 1. The minimum absolute atomic E-state index is 0.287. The van der Waals surface area contributed by atoms with Gasteiger partial charge in [-0.15, -0.1) is 0 Å². The number of likely N-dealkylation sites (tertiary alicyclic amines) is 1. The van der Waals surface area contributed by atoms with Gasteiger partial charge in [0.15, 0.2) is 0 Å². The van der Waals surface area contributed by atoms with Gasteiger partial charge in [-0.3, -0.25) is 9.48 Å². The Hall–Kier alpha value is -3.34. The van der Waals surface area contributed by atoms with Crippen molar-refractivity contribution in [2.45, 2.75) is 25.8 Å². The number of rotatable bonds is 4. The number of carbonyl (C=O) groups is 1. The zero-order chi connectivity index (χ0) is 19.0. The van der Waals surface area contributed by atoms with E-state index in [0.717, 1.165) is 49.2 Å². The van der Waals surface area contributed by atoms with Crippen LogP contribution in [0.4, 0.5) is 0 Å². The zero-order valence-electron chi connectivity index (χ0n) is 15.3. The first-order valence-corrected chi connectivity index (χ1v) is 8.85. The van der Waals surface area contributed by atoms with Crippen LogP contribution in [0.25, 0.3) is 16.6 Å². The summed E-state index contributed by atoms with van der Waals surface area (Å²) < 4.78 is 9.23. The Morgan fingerprint density at radius 1 is 1.30 bits per heavy atom. The van der Waals surface area contributed by atoms with Crippen LogP contribution in [-0.2, 0) is 4.79 Å². The van der Waals surface area contributed by atoms with Crippen LogP contribution in [0.15, 0.2) is 24.7 Å². The smallest absolute Gasteiger partial charge is 0.209 e. The predicted molar refractivity (Wildman–Crippen MR) is 98.3 cm³/mol. The van der Waals surface area contributed by atoms with Crippen molar-refractivity contribution in [1.29, 1.82) is 5.26 Å². The van der Waals surface area contributed by atoms with E-state index in [0.29, 0.717) is 16.8 Å². The SMILES string of the molecule is COc1cc(-c2cnn(C3CCN(C=O)CC3)c2C)cn2ncc(C#N)c12. The lowest BCUT2D eigenvalue weighted by atomic mass is 10.0. The number of piperidine rings is 1. The van der Waals surface area contributed by atoms with E-state index in [2.05, 4.69) is 27.9 Å². The summed E-state index contributed by atoms with van der Waals surface area (Å²) in [4.78, 5) is 12.7. The Balaban J connectivity index is 1.72. The molecule has 0 bridgehead atoms. The molecule has 4 heterocycles. The Morgan fingerprint density at radius 3 is 2.74 bits per heavy atom. The molecule has 138 valence electrons. The highest BCUT2D eigenvalue weighted by atomic mass is 16.5. The van der Waals surface area contributed by atoms with Gasteiger partial charge in [-0.2, -0.15) is 15.5 Å². The summed E-state index contributed by atoms with van der Waals surface area (Å²) in [5.41, 5.74) is 4.14. The maximum atomic E-state index is 10.9. The Kier molecular flexibility index (Phi) is 4.28. The number of ether oxygens (including phenoxy) is 1. The number of hydrogen-bond acceptors (Lipinski definition) is 5. The summed E-state index contributed by atoms with van der Waals surface area (Å²) in [6.07, 6.45) is 8.00. The average Bonchev–Trinajstić information content (AvgIpc) is 3.30. The maximum absolute atomic E-state index is 10.9. The maximum Gasteiger partial charge on any atom is 0.209 e. The molecule has 0 saturated carbocycles. The highest BCUT2D eigenvalue weighted by molar-refractivity contribution is 5.75. The zero-order valence-corrected chi connectivity index (χ0v) is 15.3. The van der Waals surface area contributed by atoms with Gasteiger partial charge in [-0.1, -0.05) is 0 Å². The second-order valence-corrected chi connectivity index (χ2v) is 6.72. The Bertz CT molecular complexity index is 1040. The van der Waals surface area contributed by atoms with Gasteiger partial charge < -0.3 is 9.64 Å². The van der Waals surface area contributed by atoms with Gasteiger partial charge in [0.05, 0.1) is 25.5 Å². The summed E-state index contributed by atoms with van der Waals surface area (Å²) in [5.74, 6) is 0.605. The number of fused-ring (bicyclic) bond motifs is 1.